The normalized spacial score (nSPS) is 14.7. The summed E-state index contributed by atoms with van der Waals surface area (Å²) in [6, 6.07) is 18.4. The first kappa shape index (κ1) is 24.3. The fraction of sp³-hybridized carbons (Fsp3) is 0.400. The van der Waals surface area contributed by atoms with Crippen LogP contribution in [0, 0.1) is 5.92 Å². The molecule has 0 saturated carbocycles. The van der Waals surface area contributed by atoms with Crippen LogP contribution in [-0.4, -0.2) is 48.5 Å². The summed E-state index contributed by atoms with van der Waals surface area (Å²) in [6.45, 7) is 1.89. The second-order valence-corrected chi connectivity index (χ2v) is 9.58. The highest BCUT2D eigenvalue weighted by atomic mass is 32.2. The van der Waals surface area contributed by atoms with Crippen LogP contribution in [-0.2, 0) is 19.1 Å². The average Bonchev–Trinajstić information content (AvgIpc) is 2.86. The molecule has 1 fully saturated rings. The van der Waals surface area contributed by atoms with E-state index in [0.717, 1.165) is 46.9 Å². The predicted octanol–water partition coefficient (Wildman–Crippen LogP) is 5.25. The van der Waals surface area contributed by atoms with Gasteiger partial charge >= 0.3 is 11.9 Å². The van der Waals surface area contributed by atoms with Crippen LogP contribution in [0.3, 0.4) is 0 Å². The molecule has 2 aromatic rings. The van der Waals surface area contributed by atoms with Crippen molar-refractivity contribution in [2.24, 2.45) is 5.92 Å². The van der Waals surface area contributed by atoms with Gasteiger partial charge in [-0.3, -0.25) is 9.59 Å². The number of thioether (sulfide) groups is 1. The molecule has 5 nitrogen and oxygen atoms in total. The van der Waals surface area contributed by atoms with Crippen molar-refractivity contribution in [1.82, 2.24) is 4.90 Å². The monoisotopic (exact) mass is 471 g/mol. The van der Waals surface area contributed by atoms with Crippen LogP contribution in [0.15, 0.2) is 54.6 Å². The van der Waals surface area contributed by atoms with E-state index in [1.165, 1.54) is 32.4 Å². The summed E-state index contributed by atoms with van der Waals surface area (Å²) in [5.74, 6) is -2.18. The number of ether oxygens (including phenoxy) is 2. The fourth-order valence-corrected chi connectivity index (χ4v) is 5.52. The standard InChI is InChI=1S/C25H29NO4S2/c1-29-23(27)21(24(28)30-2)17-22(32-25(31)26-15-7-4-8-16-26)20-13-11-19(12-14-20)18-9-5-3-6-10-18/h3,5-6,9-14,21-22H,4,7-8,15-17H2,1-2H3. The third-order valence-electron chi connectivity index (χ3n) is 5.67. The largest absolute Gasteiger partial charge is 0.468 e. The lowest BCUT2D eigenvalue weighted by Crippen LogP contribution is -2.33. The van der Waals surface area contributed by atoms with Gasteiger partial charge in [0.15, 0.2) is 5.92 Å². The Hall–Kier alpha value is -2.38. The fourth-order valence-electron chi connectivity index (χ4n) is 3.83. The molecule has 0 aliphatic carbocycles. The first-order chi connectivity index (χ1) is 15.5. The summed E-state index contributed by atoms with van der Waals surface area (Å²) < 4.78 is 10.6. The van der Waals surface area contributed by atoms with Gasteiger partial charge in [0, 0.05) is 18.3 Å². The summed E-state index contributed by atoms with van der Waals surface area (Å²) in [5, 5.41) is -0.183. The maximum absolute atomic E-state index is 12.3. The van der Waals surface area contributed by atoms with Gasteiger partial charge in [-0.05, 0) is 42.4 Å². The van der Waals surface area contributed by atoms with Gasteiger partial charge < -0.3 is 14.4 Å². The molecular weight excluding hydrogens is 442 g/mol. The number of likely N-dealkylation sites (tertiary alicyclic amines) is 1. The SMILES string of the molecule is COC(=O)C(CC(SC(=S)N1CCCCC1)c1ccc(-c2ccccc2)cc1)C(=O)OC. The number of esters is 2. The molecular formula is C25H29NO4S2. The van der Waals surface area contributed by atoms with Crippen LogP contribution in [0.4, 0.5) is 0 Å². The van der Waals surface area contributed by atoms with Crippen molar-refractivity contribution >= 4 is 40.2 Å². The van der Waals surface area contributed by atoms with Crippen LogP contribution in [0.2, 0.25) is 0 Å². The molecule has 1 aliphatic heterocycles. The lowest BCUT2D eigenvalue weighted by Gasteiger charge is -2.31. The Morgan fingerprint density at radius 1 is 0.906 bits per heavy atom. The smallest absolute Gasteiger partial charge is 0.320 e. The molecule has 1 atom stereocenters. The molecule has 1 unspecified atom stereocenters. The van der Waals surface area contributed by atoms with Crippen molar-refractivity contribution < 1.29 is 19.1 Å². The molecule has 1 heterocycles. The van der Waals surface area contributed by atoms with Crippen molar-refractivity contribution in [3.63, 3.8) is 0 Å². The van der Waals surface area contributed by atoms with Crippen LogP contribution >= 0.6 is 24.0 Å². The Balaban J connectivity index is 1.85. The van der Waals surface area contributed by atoms with E-state index in [9.17, 15) is 9.59 Å². The number of carbonyl (C=O) groups is 2. The van der Waals surface area contributed by atoms with Crippen molar-refractivity contribution in [1.29, 1.82) is 0 Å². The summed E-state index contributed by atoms with van der Waals surface area (Å²) >= 11 is 7.28. The van der Waals surface area contributed by atoms with Gasteiger partial charge in [0.1, 0.15) is 4.32 Å². The molecule has 2 aromatic carbocycles. The maximum Gasteiger partial charge on any atom is 0.320 e. The number of hydrogen-bond acceptors (Lipinski definition) is 6. The van der Waals surface area contributed by atoms with Crippen molar-refractivity contribution in [3.05, 3.63) is 60.2 Å². The molecule has 7 heteroatoms. The Kier molecular flexibility index (Phi) is 9.11. The molecule has 170 valence electrons. The molecule has 3 rings (SSSR count). The highest BCUT2D eigenvalue weighted by Gasteiger charge is 2.33. The molecule has 32 heavy (non-hydrogen) atoms. The third-order valence-corrected chi connectivity index (χ3v) is 7.42. The van der Waals surface area contributed by atoms with E-state index in [1.807, 2.05) is 30.3 Å². The number of thiocarbonyl (C=S) groups is 1. The van der Waals surface area contributed by atoms with Gasteiger partial charge in [0.05, 0.1) is 14.2 Å². The number of hydrogen-bond donors (Lipinski definition) is 0. The van der Waals surface area contributed by atoms with Crippen LogP contribution in [0.1, 0.15) is 36.5 Å². The highest BCUT2D eigenvalue weighted by molar-refractivity contribution is 8.23. The Morgan fingerprint density at radius 3 is 2.03 bits per heavy atom. The summed E-state index contributed by atoms with van der Waals surface area (Å²) in [4.78, 5) is 26.9. The maximum atomic E-state index is 12.3. The molecule has 1 aliphatic rings. The van der Waals surface area contributed by atoms with E-state index in [2.05, 4.69) is 29.2 Å². The Morgan fingerprint density at radius 2 is 1.47 bits per heavy atom. The molecule has 0 amide bonds. The first-order valence-electron chi connectivity index (χ1n) is 10.8. The van der Waals surface area contributed by atoms with Gasteiger partial charge in [-0.2, -0.15) is 0 Å². The molecule has 0 aromatic heterocycles. The number of carbonyl (C=O) groups excluding carboxylic acids is 2. The topological polar surface area (TPSA) is 55.8 Å². The lowest BCUT2D eigenvalue weighted by molar-refractivity contribution is -0.159. The third kappa shape index (κ3) is 6.33. The highest BCUT2D eigenvalue weighted by Crippen LogP contribution is 2.38. The van der Waals surface area contributed by atoms with E-state index < -0.39 is 17.9 Å². The number of methoxy groups -OCH3 is 2. The van der Waals surface area contributed by atoms with Crippen molar-refractivity contribution in [2.75, 3.05) is 27.3 Å². The number of rotatable bonds is 7. The van der Waals surface area contributed by atoms with Crippen LogP contribution < -0.4 is 0 Å². The number of benzene rings is 2. The summed E-state index contributed by atoms with van der Waals surface area (Å²) in [6.07, 6.45) is 3.73. The lowest BCUT2D eigenvalue weighted by atomic mass is 9.97. The zero-order chi connectivity index (χ0) is 22.9. The minimum absolute atomic E-state index is 0.183. The van der Waals surface area contributed by atoms with E-state index in [4.69, 9.17) is 21.7 Å². The van der Waals surface area contributed by atoms with E-state index in [0.29, 0.717) is 0 Å². The summed E-state index contributed by atoms with van der Waals surface area (Å²) in [7, 11) is 2.57. The second kappa shape index (κ2) is 12.0. The van der Waals surface area contributed by atoms with E-state index >= 15 is 0 Å². The number of piperidine rings is 1. The number of nitrogens with zero attached hydrogens (tertiary/aromatic N) is 1. The molecule has 1 saturated heterocycles. The average molecular weight is 472 g/mol. The van der Waals surface area contributed by atoms with E-state index in [-0.39, 0.29) is 11.7 Å². The zero-order valence-corrected chi connectivity index (χ0v) is 20.1. The molecule has 0 N–H and O–H groups in total. The van der Waals surface area contributed by atoms with Gasteiger partial charge in [0.25, 0.3) is 0 Å². The van der Waals surface area contributed by atoms with Gasteiger partial charge in [-0.15, -0.1) is 0 Å². The van der Waals surface area contributed by atoms with Gasteiger partial charge in [-0.1, -0.05) is 78.6 Å². The quantitative estimate of drug-likeness (QED) is 0.310. The Bertz CT molecular complexity index is 895. The van der Waals surface area contributed by atoms with Gasteiger partial charge in [0.2, 0.25) is 0 Å². The van der Waals surface area contributed by atoms with Crippen LogP contribution in [0.25, 0.3) is 11.1 Å². The zero-order valence-electron chi connectivity index (χ0n) is 18.5. The van der Waals surface area contributed by atoms with E-state index in [1.54, 1.807) is 0 Å². The minimum atomic E-state index is -1.000. The first-order valence-corrected chi connectivity index (χ1v) is 12.1. The summed E-state index contributed by atoms with van der Waals surface area (Å²) in [5.41, 5.74) is 3.25. The minimum Gasteiger partial charge on any atom is -0.468 e. The second-order valence-electron chi connectivity index (χ2n) is 7.74. The Labute approximate surface area is 199 Å². The van der Waals surface area contributed by atoms with Crippen molar-refractivity contribution in [2.45, 2.75) is 30.9 Å². The van der Waals surface area contributed by atoms with Gasteiger partial charge in [-0.25, -0.2) is 0 Å². The van der Waals surface area contributed by atoms with Crippen LogP contribution in [0.5, 0.6) is 0 Å². The molecule has 0 bridgehead atoms. The molecule has 0 spiro atoms. The predicted molar refractivity (Wildman–Crippen MR) is 132 cm³/mol. The molecule has 0 radical (unpaired) electrons. The van der Waals surface area contributed by atoms with Crippen molar-refractivity contribution in [3.8, 4) is 11.1 Å².